The van der Waals surface area contributed by atoms with E-state index in [0.717, 1.165) is 15.4 Å². The molecule has 0 bridgehead atoms. The molecule has 120 valence electrons. The summed E-state index contributed by atoms with van der Waals surface area (Å²) in [6.45, 7) is 0. The molecule has 0 aliphatic carbocycles. The van der Waals surface area contributed by atoms with Gasteiger partial charge in [-0.1, -0.05) is 11.6 Å². The highest BCUT2D eigenvalue weighted by molar-refractivity contribution is 9.10. The zero-order chi connectivity index (χ0) is 16.6. The second-order valence-electron chi connectivity index (χ2n) is 4.79. The van der Waals surface area contributed by atoms with E-state index in [4.69, 9.17) is 16.3 Å². The van der Waals surface area contributed by atoms with Crippen LogP contribution < -0.4 is 0 Å². The summed E-state index contributed by atoms with van der Waals surface area (Å²) in [5, 5.41) is 1.39. The number of fused-ring (bicyclic) bond motifs is 1. The molecule has 3 aromatic rings. The van der Waals surface area contributed by atoms with Crippen LogP contribution in [0.5, 0.6) is 0 Å². The molecule has 1 atom stereocenters. The summed E-state index contributed by atoms with van der Waals surface area (Å²) >= 11 is 11.0. The maximum atomic E-state index is 12.8. The van der Waals surface area contributed by atoms with Gasteiger partial charge in [-0.3, -0.25) is 4.79 Å². The molecule has 0 aliphatic heterocycles. The van der Waals surface area contributed by atoms with E-state index >= 15 is 0 Å². The highest BCUT2D eigenvalue weighted by atomic mass is 79.9. The molecule has 0 amide bonds. The third-order valence-electron chi connectivity index (χ3n) is 3.46. The Kier molecular flexibility index (Phi) is 4.82. The number of nitrogens with zero attached hydrogens (tertiary/aromatic N) is 1. The van der Waals surface area contributed by atoms with Crippen LogP contribution in [0, 0.1) is 0 Å². The fourth-order valence-corrected chi connectivity index (χ4v) is 3.48. The lowest BCUT2D eigenvalue weighted by Crippen LogP contribution is -2.20. The maximum Gasteiger partial charge on any atom is 0.218 e. The van der Waals surface area contributed by atoms with Crippen molar-refractivity contribution in [1.29, 1.82) is 0 Å². The Hall–Kier alpha value is -1.28. The van der Waals surface area contributed by atoms with Gasteiger partial charge in [-0.25, -0.2) is 4.98 Å². The Morgan fingerprint density at radius 1 is 1.48 bits per heavy atom. The first-order valence-corrected chi connectivity index (χ1v) is 9.13. The average molecular weight is 415 g/mol. The molecule has 2 aromatic heterocycles. The Morgan fingerprint density at radius 2 is 2.26 bits per heavy atom. The highest BCUT2D eigenvalue weighted by Gasteiger charge is 2.27. The summed E-state index contributed by atoms with van der Waals surface area (Å²) in [6, 6.07) is 3.66. The number of ketones is 1. The lowest BCUT2D eigenvalue weighted by molar-refractivity contribution is 0.0791. The molecule has 1 unspecified atom stereocenters. The van der Waals surface area contributed by atoms with Crippen LogP contribution in [-0.4, -0.2) is 39.5 Å². The minimum Gasteiger partial charge on any atom is -0.362 e. The molecule has 0 radical (unpaired) electrons. The number of imidazole rings is 1. The molecule has 0 fully saturated rings. The first kappa shape index (κ1) is 16.6. The zero-order valence-electron chi connectivity index (χ0n) is 12.3. The molecule has 5 nitrogen and oxygen atoms in total. The number of ether oxygens (including phenoxy) is 1. The lowest BCUT2D eigenvalue weighted by Gasteiger charge is -2.11. The molecule has 1 aromatic carbocycles. The number of nitrogens with one attached hydrogen (secondary N) is 2. The van der Waals surface area contributed by atoms with E-state index in [2.05, 4.69) is 30.9 Å². The van der Waals surface area contributed by atoms with Gasteiger partial charge in [0.2, 0.25) is 5.78 Å². The van der Waals surface area contributed by atoms with E-state index in [1.54, 1.807) is 12.4 Å². The van der Waals surface area contributed by atoms with Crippen molar-refractivity contribution in [1.82, 2.24) is 15.0 Å². The van der Waals surface area contributed by atoms with Gasteiger partial charge in [0.1, 0.15) is 5.82 Å². The fourth-order valence-electron chi connectivity index (χ4n) is 2.45. The van der Waals surface area contributed by atoms with Gasteiger partial charge < -0.3 is 14.7 Å². The molecule has 8 heteroatoms. The normalized spacial score (nSPS) is 12.7. The van der Waals surface area contributed by atoms with Crippen molar-refractivity contribution in [2.24, 2.45) is 0 Å². The van der Waals surface area contributed by atoms with Crippen molar-refractivity contribution in [3.8, 4) is 11.4 Å². The molecule has 0 aliphatic rings. The van der Waals surface area contributed by atoms with Crippen molar-refractivity contribution < 1.29 is 9.53 Å². The van der Waals surface area contributed by atoms with E-state index in [9.17, 15) is 4.79 Å². The van der Waals surface area contributed by atoms with Gasteiger partial charge in [0.15, 0.2) is 5.44 Å². The van der Waals surface area contributed by atoms with Gasteiger partial charge >= 0.3 is 0 Å². The van der Waals surface area contributed by atoms with Crippen molar-refractivity contribution >= 4 is 56.0 Å². The highest BCUT2D eigenvalue weighted by Crippen LogP contribution is 2.36. The van der Waals surface area contributed by atoms with Crippen LogP contribution in [-0.2, 0) is 4.74 Å². The molecule has 0 saturated heterocycles. The molecule has 0 saturated carbocycles. The van der Waals surface area contributed by atoms with Gasteiger partial charge in [-0.2, -0.15) is 0 Å². The number of aromatic amines is 2. The summed E-state index contributed by atoms with van der Waals surface area (Å²) in [7, 11) is 1.52. The third kappa shape index (κ3) is 2.94. The second-order valence-corrected chi connectivity index (χ2v) is 6.95. The molecule has 2 heterocycles. The Morgan fingerprint density at radius 3 is 2.87 bits per heavy atom. The van der Waals surface area contributed by atoms with Gasteiger partial charge in [-0.05, 0) is 34.3 Å². The van der Waals surface area contributed by atoms with E-state index in [0.29, 0.717) is 22.1 Å². The van der Waals surface area contributed by atoms with E-state index in [1.807, 2.05) is 18.4 Å². The smallest absolute Gasteiger partial charge is 0.218 e. The number of aromatic nitrogens is 3. The van der Waals surface area contributed by atoms with Gasteiger partial charge in [0.05, 0.1) is 16.3 Å². The fraction of sp³-hybridized carbons (Fsp3) is 0.200. The quantitative estimate of drug-likeness (QED) is 0.476. The number of methoxy groups -OCH3 is 1. The Labute approximate surface area is 150 Å². The number of H-pyrrole nitrogens is 2. The summed E-state index contributed by atoms with van der Waals surface area (Å²) < 4.78 is 6.01. The van der Waals surface area contributed by atoms with E-state index in [-0.39, 0.29) is 5.78 Å². The van der Waals surface area contributed by atoms with Gasteiger partial charge in [-0.15, -0.1) is 11.8 Å². The first-order chi connectivity index (χ1) is 11.1. The molecular formula is C15H13BrClN3O2S. The van der Waals surface area contributed by atoms with Crippen LogP contribution in [0.3, 0.4) is 0 Å². The minimum atomic E-state index is -0.587. The first-order valence-electron chi connectivity index (χ1n) is 6.67. The molecule has 2 N–H and O–H groups in total. The molecule has 23 heavy (non-hydrogen) atoms. The van der Waals surface area contributed by atoms with Crippen LogP contribution >= 0.6 is 39.3 Å². The van der Waals surface area contributed by atoms with Crippen LogP contribution in [0.1, 0.15) is 10.5 Å². The molecular weight excluding hydrogens is 402 g/mol. The zero-order valence-corrected chi connectivity index (χ0v) is 15.5. The predicted octanol–water partition coefficient (Wildman–Crippen LogP) is 4.49. The molecule has 3 rings (SSSR count). The number of carbonyl (C=O) groups excluding carboxylic acids is 1. The summed E-state index contributed by atoms with van der Waals surface area (Å²) in [6.07, 6.45) is 5.19. The summed E-state index contributed by atoms with van der Waals surface area (Å²) in [5.41, 5.74) is 1.36. The predicted molar refractivity (Wildman–Crippen MR) is 97.2 cm³/mol. The third-order valence-corrected chi connectivity index (χ3v) is 5.49. The lowest BCUT2D eigenvalue weighted by atomic mass is 10.1. The van der Waals surface area contributed by atoms with Gasteiger partial charge in [0, 0.05) is 34.9 Å². The van der Waals surface area contributed by atoms with Crippen LogP contribution in [0.2, 0.25) is 5.02 Å². The number of hydrogen-bond donors (Lipinski definition) is 2. The SMILES string of the molecule is COC(SC)C(=O)c1[nH]c2cc(Br)c(Cl)cc2c1-c1ncc[nH]1. The van der Waals surface area contributed by atoms with Crippen molar-refractivity contribution in [3.63, 3.8) is 0 Å². The van der Waals surface area contributed by atoms with E-state index in [1.165, 1.54) is 18.9 Å². The van der Waals surface area contributed by atoms with Crippen LogP contribution in [0.4, 0.5) is 0 Å². The maximum absolute atomic E-state index is 12.8. The second kappa shape index (κ2) is 6.68. The van der Waals surface area contributed by atoms with Crippen LogP contribution in [0.15, 0.2) is 29.0 Å². The topological polar surface area (TPSA) is 70.8 Å². The van der Waals surface area contributed by atoms with E-state index < -0.39 is 5.44 Å². The number of benzene rings is 1. The standard InChI is InChI=1S/C15H13BrClN3O2S/c1-22-15(23-2)13(21)12-11(14-18-3-4-19-14)7-5-9(17)8(16)6-10(7)20-12/h3-6,15,20H,1-2H3,(H,18,19). The van der Waals surface area contributed by atoms with Crippen molar-refractivity contribution in [2.75, 3.05) is 13.4 Å². The van der Waals surface area contributed by atoms with Crippen LogP contribution in [0.25, 0.3) is 22.3 Å². The Bertz CT molecular complexity index is 859. The number of Topliss-reactive ketones (excluding diaryl/α,β-unsaturated/α-hetero) is 1. The number of rotatable bonds is 5. The largest absolute Gasteiger partial charge is 0.362 e. The Balaban J connectivity index is 2.28. The minimum absolute atomic E-state index is 0.144. The number of halogens is 2. The summed E-state index contributed by atoms with van der Waals surface area (Å²) in [4.78, 5) is 23.3. The number of hydrogen-bond acceptors (Lipinski definition) is 4. The number of carbonyl (C=O) groups is 1. The monoisotopic (exact) mass is 413 g/mol. The number of thioether (sulfide) groups is 1. The summed E-state index contributed by atoms with van der Waals surface area (Å²) in [5.74, 6) is 0.462. The molecule has 0 spiro atoms. The van der Waals surface area contributed by atoms with Crippen molar-refractivity contribution in [2.45, 2.75) is 5.44 Å². The van der Waals surface area contributed by atoms with Crippen molar-refractivity contribution in [3.05, 3.63) is 39.7 Å². The average Bonchev–Trinajstić information content (AvgIpc) is 3.16. The van der Waals surface area contributed by atoms with Gasteiger partial charge in [0.25, 0.3) is 0 Å².